The molecular formula is C15H14F3N3O2. The van der Waals surface area contributed by atoms with Crippen molar-refractivity contribution in [2.75, 3.05) is 6.54 Å². The van der Waals surface area contributed by atoms with Crippen molar-refractivity contribution in [3.63, 3.8) is 0 Å². The van der Waals surface area contributed by atoms with Gasteiger partial charge in [-0.2, -0.15) is 13.2 Å². The van der Waals surface area contributed by atoms with E-state index in [4.69, 9.17) is 0 Å². The van der Waals surface area contributed by atoms with Gasteiger partial charge in [0, 0.05) is 6.20 Å². The molecule has 1 atom stereocenters. The molecule has 2 N–H and O–H groups in total. The van der Waals surface area contributed by atoms with Crippen molar-refractivity contribution in [3.05, 3.63) is 48.3 Å². The van der Waals surface area contributed by atoms with Crippen molar-refractivity contribution in [3.8, 4) is 11.4 Å². The monoisotopic (exact) mass is 325 g/mol. The second-order valence-electron chi connectivity index (χ2n) is 5.08. The van der Waals surface area contributed by atoms with Gasteiger partial charge in [-0.3, -0.25) is 9.78 Å². The van der Waals surface area contributed by atoms with Crippen LogP contribution in [-0.4, -0.2) is 39.3 Å². The normalized spacial score (nSPS) is 14.1. The molecule has 0 spiro atoms. The number of carbonyl (C=O) groups excluding carboxylic acids is 1. The minimum atomic E-state index is -4.84. The van der Waals surface area contributed by atoms with E-state index in [1.165, 1.54) is 6.07 Å². The van der Waals surface area contributed by atoms with Crippen molar-refractivity contribution in [1.82, 2.24) is 15.3 Å². The molecule has 5 nitrogen and oxygen atoms in total. The van der Waals surface area contributed by atoms with Gasteiger partial charge in [0.15, 0.2) is 5.60 Å². The number of amides is 1. The highest BCUT2D eigenvalue weighted by Crippen LogP contribution is 2.29. The fraction of sp³-hybridized carbons (Fsp3) is 0.267. The predicted octanol–water partition coefficient (Wildman–Crippen LogP) is 2.19. The van der Waals surface area contributed by atoms with E-state index in [1.54, 1.807) is 36.5 Å². The lowest BCUT2D eigenvalue weighted by Gasteiger charge is -2.26. The Hall–Kier alpha value is -2.48. The van der Waals surface area contributed by atoms with E-state index in [2.05, 4.69) is 9.97 Å². The van der Waals surface area contributed by atoms with Gasteiger partial charge in [0.25, 0.3) is 5.91 Å². The first kappa shape index (κ1) is 16.9. The summed E-state index contributed by atoms with van der Waals surface area (Å²) in [5.74, 6) is -0.813. The maximum absolute atomic E-state index is 12.5. The fourth-order valence-corrected chi connectivity index (χ4v) is 1.66. The SMILES string of the molecule is CC(O)(CNC(=O)c1cccc(-c2ccccn2)n1)C(F)(F)F. The third-order valence-electron chi connectivity index (χ3n) is 3.11. The number of hydrogen-bond donors (Lipinski definition) is 2. The van der Waals surface area contributed by atoms with Gasteiger partial charge in [-0.1, -0.05) is 12.1 Å². The summed E-state index contributed by atoms with van der Waals surface area (Å²) in [6, 6.07) is 9.71. The highest BCUT2D eigenvalue weighted by atomic mass is 19.4. The molecule has 0 saturated heterocycles. The molecule has 0 fully saturated rings. The van der Waals surface area contributed by atoms with Crippen molar-refractivity contribution in [2.45, 2.75) is 18.7 Å². The number of nitrogens with one attached hydrogen (secondary N) is 1. The van der Waals surface area contributed by atoms with Gasteiger partial charge in [0.1, 0.15) is 5.69 Å². The number of pyridine rings is 2. The second-order valence-corrected chi connectivity index (χ2v) is 5.08. The molecule has 1 amide bonds. The van der Waals surface area contributed by atoms with E-state index < -0.39 is 24.2 Å². The lowest BCUT2D eigenvalue weighted by Crippen LogP contribution is -2.51. The molecule has 8 heteroatoms. The minimum absolute atomic E-state index is 0.0638. The van der Waals surface area contributed by atoms with Crippen molar-refractivity contribution >= 4 is 5.91 Å². The van der Waals surface area contributed by atoms with E-state index in [0.29, 0.717) is 18.3 Å². The Balaban J connectivity index is 2.12. The Bertz CT molecular complexity index is 688. The van der Waals surface area contributed by atoms with E-state index in [-0.39, 0.29) is 5.69 Å². The molecule has 0 radical (unpaired) electrons. The molecule has 2 aromatic rings. The summed E-state index contributed by atoms with van der Waals surface area (Å²) in [5.41, 5.74) is -2.13. The van der Waals surface area contributed by atoms with Crippen molar-refractivity contribution < 1.29 is 23.1 Å². The van der Waals surface area contributed by atoms with E-state index in [0.717, 1.165) is 0 Å². The molecule has 122 valence electrons. The number of alkyl halides is 3. The zero-order chi connectivity index (χ0) is 17.1. The van der Waals surface area contributed by atoms with Crippen molar-refractivity contribution in [1.29, 1.82) is 0 Å². The van der Waals surface area contributed by atoms with Crippen LogP contribution in [0.15, 0.2) is 42.6 Å². The van der Waals surface area contributed by atoms with Gasteiger partial charge >= 0.3 is 6.18 Å². The number of aromatic nitrogens is 2. The van der Waals surface area contributed by atoms with Gasteiger partial charge in [-0.05, 0) is 31.2 Å². The van der Waals surface area contributed by atoms with Crippen LogP contribution < -0.4 is 5.32 Å². The van der Waals surface area contributed by atoms with Crippen LogP contribution in [0.4, 0.5) is 13.2 Å². The lowest BCUT2D eigenvalue weighted by molar-refractivity contribution is -0.249. The quantitative estimate of drug-likeness (QED) is 0.903. The average molecular weight is 325 g/mol. The molecule has 0 saturated carbocycles. The molecule has 0 aliphatic carbocycles. The Morgan fingerprint density at radius 2 is 1.87 bits per heavy atom. The third kappa shape index (κ3) is 4.04. The minimum Gasteiger partial charge on any atom is -0.379 e. The third-order valence-corrected chi connectivity index (χ3v) is 3.11. The maximum atomic E-state index is 12.5. The van der Waals surface area contributed by atoms with Crippen LogP contribution in [0, 0.1) is 0 Å². The number of carbonyl (C=O) groups is 1. The summed E-state index contributed by atoms with van der Waals surface area (Å²) < 4.78 is 37.6. The van der Waals surface area contributed by atoms with E-state index >= 15 is 0 Å². The first-order chi connectivity index (χ1) is 10.7. The highest BCUT2D eigenvalue weighted by Gasteiger charge is 2.49. The Kier molecular flexibility index (Phi) is 4.65. The van der Waals surface area contributed by atoms with Crippen LogP contribution in [0.2, 0.25) is 0 Å². The number of hydrogen-bond acceptors (Lipinski definition) is 4. The standard InChI is InChI=1S/C15H14F3N3O2/c1-14(23,15(16,17)18)9-20-13(22)12-7-4-6-11(21-12)10-5-2-3-8-19-10/h2-8,23H,9H2,1H3,(H,20,22). The summed E-state index contributed by atoms with van der Waals surface area (Å²) in [6.07, 6.45) is -3.28. The van der Waals surface area contributed by atoms with Crippen LogP contribution in [0.5, 0.6) is 0 Å². The second kappa shape index (κ2) is 6.33. The zero-order valence-electron chi connectivity index (χ0n) is 12.1. The first-order valence-electron chi connectivity index (χ1n) is 6.66. The molecule has 2 heterocycles. The Morgan fingerprint density at radius 1 is 1.17 bits per heavy atom. The Morgan fingerprint density at radius 3 is 2.48 bits per heavy atom. The fourth-order valence-electron chi connectivity index (χ4n) is 1.66. The predicted molar refractivity (Wildman–Crippen MR) is 76.5 cm³/mol. The van der Waals surface area contributed by atoms with Gasteiger partial charge in [0.2, 0.25) is 0 Å². The van der Waals surface area contributed by atoms with Crippen LogP contribution in [0.1, 0.15) is 17.4 Å². The van der Waals surface area contributed by atoms with E-state index in [1.807, 2.05) is 5.32 Å². The van der Waals surface area contributed by atoms with Crippen LogP contribution in [0.3, 0.4) is 0 Å². The van der Waals surface area contributed by atoms with Crippen LogP contribution in [-0.2, 0) is 0 Å². The molecule has 2 aromatic heterocycles. The van der Waals surface area contributed by atoms with Gasteiger partial charge < -0.3 is 10.4 Å². The molecular weight excluding hydrogens is 311 g/mol. The summed E-state index contributed by atoms with van der Waals surface area (Å²) >= 11 is 0. The van der Waals surface area contributed by atoms with Crippen LogP contribution in [0.25, 0.3) is 11.4 Å². The molecule has 0 aliphatic rings. The zero-order valence-corrected chi connectivity index (χ0v) is 12.1. The number of aliphatic hydroxyl groups is 1. The first-order valence-corrected chi connectivity index (χ1v) is 6.66. The number of rotatable bonds is 4. The largest absolute Gasteiger partial charge is 0.418 e. The van der Waals surface area contributed by atoms with Crippen LogP contribution >= 0.6 is 0 Å². The summed E-state index contributed by atoms with van der Waals surface area (Å²) in [6.45, 7) is -0.379. The molecule has 1 unspecified atom stereocenters. The summed E-state index contributed by atoms with van der Waals surface area (Å²) in [4.78, 5) is 20.1. The topological polar surface area (TPSA) is 75.1 Å². The van der Waals surface area contributed by atoms with Gasteiger partial charge in [-0.15, -0.1) is 0 Å². The highest BCUT2D eigenvalue weighted by molar-refractivity contribution is 5.92. The number of halogens is 3. The molecule has 23 heavy (non-hydrogen) atoms. The summed E-state index contributed by atoms with van der Waals surface area (Å²) in [7, 11) is 0. The lowest BCUT2D eigenvalue weighted by atomic mass is 10.1. The van der Waals surface area contributed by atoms with Gasteiger partial charge in [-0.25, -0.2) is 4.98 Å². The summed E-state index contributed by atoms with van der Waals surface area (Å²) in [5, 5.41) is 11.3. The molecule has 2 rings (SSSR count). The molecule has 0 aromatic carbocycles. The van der Waals surface area contributed by atoms with E-state index in [9.17, 15) is 23.1 Å². The molecule has 0 bridgehead atoms. The average Bonchev–Trinajstić information content (AvgIpc) is 2.52. The Labute approximate surface area is 130 Å². The molecule has 0 aliphatic heterocycles. The van der Waals surface area contributed by atoms with Crippen molar-refractivity contribution in [2.24, 2.45) is 0 Å². The van der Waals surface area contributed by atoms with Gasteiger partial charge in [0.05, 0.1) is 17.9 Å². The maximum Gasteiger partial charge on any atom is 0.418 e. The number of nitrogens with zero attached hydrogens (tertiary/aromatic N) is 2. The smallest absolute Gasteiger partial charge is 0.379 e.